The summed E-state index contributed by atoms with van der Waals surface area (Å²) < 4.78 is 2.79. The van der Waals surface area contributed by atoms with Crippen LogP contribution < -0.4 is 10.3 Å². The summed E-state index contributed by atoms with van der Waals surface area (Å²) in [6, 6.07) is 5.02. The number of allylic oxidation sites excluding steroid dienone is 1. The molecular weight excluding hydrogens is 286 g/mol. The number of carbonyl (C=O) groups excluding carboxylic acids is 1. The first-order valence-corrected chi connectivity index (χ1v) is 6.63. The lowest BCUT2D eigenvalue weighted by atomic mass is 10.3. The van der Waals surface area contributed by atoms with E-state index in [0.29, 0.717) is 16.4 Å². The van der Waals surface area contributed by atoms with Crippen molar-refractivity contribution in [2.75, 3.05) is 7.11 Å². The second kappa shape index (κ2) is 6.01. The minimum absolute atomic E-state index is 0.517. The first-order chi connectivity index (χ1) is 9.17. The maximum absolute atomic E-state index is 11.5. The third-order valence-electron chi connectivity index (χ3n) is 2.35. The van der Waals surface area contributed by atoms with Crippen molar-refractivity contribution in [3.8, 4) is 0 Å². The number of para-hydroxylation sites is 1. The van der Waals surface area contributed by atoms with Gasteiger partial charge in [-0.05, 0) is 12.1 Å². The highest BCUT2D eigenvalue weighted by Crippen LogP contribution is 2.25. The summed E-state index contributed by atoms with van der Waals surface area (Å²) in [5, 5.41) is 0.615. The van der Waals surface area contributed by atoms with E-state index >= 15 is 0 Å². The highest BCUT2D eigenvalue weighted by Gasteiger charge is 2.09. The fourth-order valence-electron chi connectivity index (χ4n) is 1.67. The van der Waals surface area contributed by atoms with Crippen molar-refractivity contribution >= 4 is 39.2 Å². The number of halogens is 1. The predicted molar refractivity (Wildman–Crippen MR) is 76.1 cm³/mol. The second-order valence-electron chi connectivity index (χ2n) is 3.59. The highest BCUT2D eigenvalue weighted by molar-refractivity contribution is 7.16. The van der Waals surface area contributed by atoms with Crippen LogP contribution in [0.5, 0.6) is 0 Å². The van der Waals surface area contributed by atoms with Crippen molar-refractivity contribution < 1.29 is 9.63 Å². The van der Waals surface area contributed by atoms with Gasteiger partial charge in [0, 0.05) is 6.54 Å². The van der Waals surface area contributed by atoms with Crippen molar-refractivity contribution in [3.05, 3.63) is 40.7 Å². The molecule has 0 aliphatic carbocycles. The van der Waals surface area contributed by atoms with E-state index in [0.717, 1.165) is 10.2 Å². The Hall–Kier alpha value is -1.63. The van der Waals surface area contributed by atoms with E-state index in [9.17, 15) is 4.79 Å². The molecule has 0 atom stereocenters. The number of nitrogens with zero attached hydrogens (tertiary/aromatic N) is 2. The third-order valence-corrected chi connectivity index (χ3v) is 3.70. The van der Waals surface area contributed by atoms with Gasteiger partial charge in [-0.25, -0.2) is 10.3 Å². The molecule has 19 heavy (non-hydrogen) atoms. The number of benzene rings is 1. The van der Waals surface area contributed by atoms with Gasteiger partial charge < -0.3 is 4.57 Å². The van der Waals surface area contributed by atoms with Crippen LogP contribution in [0, 0.1) is 0 Å². The Morgan fingerprint density at radius 1 is 1.68 bits per heavy atom. The lowest BCUT2D eigenvalue weighted by Crippen LogP contribution is -2.23. The number of aromatic nitrogens is 1. The molecule has 2 rings (SSSR count). The Morgan fingerprint density at radius 2 is 2.47 bits per heavy atom. The van der Waals surface area contributed by atoms with Crippen LogP contribution >= 0.6 is 22.9 Å². The van der Waals surface area contributed by atoms with Gasteiger partial charge in [0.15, 0.2) is 4.80 Å². The molecule has 0 fully saturated rings. The molecule has 0 aliphatic heterocycles. The Labute approximate surface area is 118 Å². The second-order valence-corrected chi connectivity index (χ2v) is 5.01. The average Bonchev–Trinajstić information content (AvgIpc) is 2.69. The molecule has 100 valence electrons. The van der Waals surface area contributed by atoms with Gasteiger partial charge in [0.05, 0.1) is 22.3 Å². The molecule has 1 heterocycles. The lowest BCUT2D eigenvalue weighted by molar-refractivity contribution is 0.112. The fourth-order valence-corrected chi connectivity index (χ4v) is 3.06. The quantitative estimate of drug-likeness (QED) is 0.699. The molecule has 0 saturated carbocycles. The largest absolute Gasteiger partial charge is 0.367 e. The molecule has 1 N–H and O–H groups in total. The van der Waals surface area contributed by atoms with Gasteiger partial charge >= 0.3 is 6.03 Å². The average molecular weight is 298 g/mol. The van der Waals surface area contributed by atoms with E-state index in [4.69, 9.17) is 11.6 Å². The van der Waals surface area contributed by atoms with Crippen molar-refractivity contribution in [2.24, 2.45) is 4.99 Å². The van der Waals surface area contributed by atoms with E-state index < -0.39 is 6.03 Å². The van der Waals surface area contributed by atoms with E-state index in [1.807, 2.05) is 16.7 Å². The van der Waals surface area contributed by atoms with Crippen LogP contribution in [0.3, 0.4) is 0 Å². The van der Waals surface area contributed by atoms with Crippen LogP contribution in [0.15, 0.2) is 35.8 Å². The minimum atomic E-state index is -0.567. The first kappa shape index (κ1) is 13.8. The number of amides is 2. The van der Waals surface area contributed by atoms with Crippen LogP contribution in [-0.2, 0) is 11.4 Å². The van der Waals surface area contributed by atoms with Gasteiger partial charge in [0.2, 0.25) is 0 Å². The summed E-state index contributed by atoms with van der Waals surface area (Å²) in [5.41, 5.74) is 3.00. The molecule has 2 amide bonds. The van der Waals surface area contributed by atoms with Gasteiger partial charge in [-0.1, -0.05) is 35.1 Å². The molecule has 7 heteroatoms. The fraction of sp³-hybridized carbons (Fsp3) is 0.167. The van der Waals surface area contributed by atoms with Gasteiger partial charge in [-0.3, -0.25) is 4.84 Å². The van der Waals surface area contributed by atoms with Crippen molar-refractivity contribution in [1.29, 1.82) is 0 Å². The number of hydrogen-bond donors (Lipinski definition) is 1. The standard InChI is InChI=1S/C12H12ClN3O2S/c1-3-7-16-10-8(13)5-4-6-9(10)19-12(16)14-11(17)15-18-2/h3-6H,1,7H2,2H3,(H,15,17). The van der Waals surface area contributed by atoms with E-state index in [1.165, 1.54) is 18.4 Å². The number of fused-ring (bicyclic) bond motifs is 1. The summed E-state index contributed by atoms with van der Waals surface area (Å²) in [5.74, 6) is 0. The number of hydroxylamine groups is 1. The Kier molecular flexibility index (Phi) is 4.36. The molecular formula is C12H12ClN3O2S. The summed E-state index contributed by atoms with van der Waals surface area (Å²) in [6.07, 6.45) is 1.72. The van der Waals surface area contributed by atoms with Gasteiger partial charge in [-0.15, -0.1) is 6.58 Å². The first-order valence-electron chi connectivity index (χ1n) is 5.43. The van der Waals surface area contributed by atoms with Crippen LogP contribution in [0.4, 0.5) is 4.79 Å². The van der Waals surface area contributed by atoms with Crippen molar-refractivity contribution in [3.63, 3.8) is 0 Å². The predicted octanol–water partition coefficient (Wildman–Crippen LogP) is 2.71. The zero-order valence-electron chi connectivity index (χ0n) is 10.2. The third kappa shape index (κ3) is 2.86. The normalized spacial score (nSPS) is 11.8. The van der Waals surface area contributed by atoms with Crippen LogP contribution in [-0.4, -0.2) is 17.7 Å². The molecule has 0 aliphatic rings. The zero-order valence-corrected chi connectivity index (χ0v) is 11.8. The minimum Gasteiger partial charge on any atom is -0.311 e. The van der Waals surface area contributed by atoms with Gasteiger partial charge in [-0.2, -0.15) is 4.99 Å². The van der Waals surface area contributed by atoms with E-state index in [2.05, 4.69) is 21.9 Å². The highest BCUT2D eigenvalue weighted by atomic mass is 35.5. The summed E-state index contributed by atoms with van der Waals surface area (Å²) in [6.45, 7) is 4.22. The molecule has 0 unspecified atom stereocenters. The van der Waals surface area contributed by atoms with Crippen LogP contribution in [0.2, 0.25) is 5.02 Å². The Bertz CT molecular complexity index is 690. The van der Waals surface area contributed by atoms with E-state index in [1.54, 1.807) is 12.1 Å². The summed E-state index contributed by atoms with van der Waals surface area (Å²) >= 11 is 7.57. The summed E-state index contributed by atoms with van der Waals surface area (Å²) in [4.78, 5) is 20.5. The van der Waals surface area contributed by atoms with Gasteiger partial charge in [0.1, 0.15) is 0 Å². The van der Waals surface area contributed by atoms with Crippen molar-refractivity contribution in [1.82, 2.24) is 10.0 Å². The molecule has 0 radical (unpaired) electrons. The summed E-state index contributed by atoms with van der Waals surface area (Å²) in [7, 11) is 1.35. The molecule has 1 aromatic heterocycles. The molecule has 1 aromatic carbocycles. The van der Waals surface area contributed by atoms with Gasteiger partial charge in [0.25, 0.3) is 0 Å². The van der Waals surface area contributed by atoms with Crippen molar-refractivity contribution in [2.45, 2.75) is 6.54 Å². The maximum atomic E-state index is 11.5. The molecule has 5 nitrogen and oxygen atoms in total. The molecule has 0 spiro atoms. The number of thiazole rings is 1. The smallest absolute Gasteiger partial charge is 0.311 e. The molecule has 0 saturated heterocycles. The lowest BCUT2D eigenvalue weighted by Gasteiger charge is -2.02. The SMILES string of the molecule is C=CCn1c(=NC(=O)NOC)sc2cccc(Cl)c21. The molecule has 0 bridgehead atoms. The Balaban J connectivity index is 2.67. The zero-order chi connectivity index (χ0) is 13.8. The Morgan fingerprint density at radius 3 is 3.16 bits per heavy atom. The van der Waals surface area contributed by atoms with E-state index in [-0.39, 0.29) is 0 Å². The topological polar surface area (TPSA) is 55.6 Å². The number of rotatable bonds is 3. The van der Waals surface area contributed by atoms with Crippen LogP contribution in [0.25, 0.3) is 10.2 Å². The molecule has 2 aromatic rings. The monoisotopic (exact) mass is 297 g/mol. The number of carbonyl (C=O) groups is 1. The van der Waals surface area contributed by atoms with Crippen LogP contribution in [0.1, 0.15) is 0 Å². The number of urea groups is 1. The number of nitrogens with one attached hydrogen (secondary N) is 1. The maximum Gasteiger partial charge on any atom is 0.367 e. The number of hydrogen-bond acceptors (Lipinski definition) is 3.